The molecule has 8 heteroatoms. The molecule has 3 N–H and O–H groups in total. The van der Waals surface area contributed by atoms with E-state index in [2.05, 4.69) is 5.32 Å². The number of hydrogen-bond acceptors (Lipinski definition) is 3. The average molecular weight is 332 g/mol. The summed E-state index contributed by atoms with van der Waals surface area (Å²) >= 11 is 0. The van der Waals surface area contributed by atoms with Crippen molar-refractivity contribution in [2.24, 2.45) is 0 Å². The lowest BCUT2D eigenvalue weighted by atomic mass is 10.0. The zero-order chi connectivity index (χ0) is 17.8. The number of ketones is 1. The fraction of sp³-hybridized carbons (Fsp3) is 0.467. The largest absolute Gasteiger partial charge is 0.412 e. The van der Waals surface area contributed by atoms with Gasteiger partial charge in [0.25, 0.3) is 0 Å². The van der Waals surface area contributed by atoms with E-state index in [1.54, 1.807) is 20.8 Å². The Morgan fingerprint density at radius 2 is 1.65 bits per heavy atom. The lowest BCUT2D eigenvalue weighted by Gasteiger charge is -2.26. The molecule has 0 heterocycles. The summed E-state index contributed by atoms with van der Waals surface area (Å²) in [5.41, 5.74) is -0.801. The summed E-state index contributed by atoms with van der Waals surface area (Å²) in [7, 11) is 0. The van der Waals surface area contributed by atoms with Crippen LogP contribution in [0.15, 0.2) is 24.3 Å². The third-order valence-electron chi connectivity index (χ3n) is 2.80. The minimum atomic E-state index is -4.70. The predicted octanol–water partition coefficient (Wildman–Crippen LogP) is 2.56. The second-order valence-corrected chi connectivity index (χ2v) is 6.03. The highest BCUT2D eigenvalue weighted by Gasteiger charge is 2.42. The van der Waals surface area contributed by atoms with E-state index in [1.807, 2.05) is 5.32 Å². The fourth-order valence-electron chi connectivity index (χ4n) is 1.81. The number of amides is 2. The van der Waals surface area contributed by atoms with Gasteiger partial charge in [0.2, 0.25) is 0 Å². The van der Waals surface area contributed by atoms with E-state index < -0.39 is 36.2 Å². The van der Waals surface area contributed by atoms with Crippen molar-refractivity contribution in [2.75, 3.05) is 6.61 Å². The number of carbonyl (C=O) groups excluding carboxylic acids is 2. The summed E-state index contributed by atoms with van der Waals surface area (Å²) in [6, 6.07) is 1.39. The third-order valence-corrected chi connectivity index (χ3v) is 2.80. The summed E-state index contributed by atoms with van der Waals surface area (Å²) < 4.78 is 39.5. The van der Waals surface area contributed by atoms with E-state index in [0.717, 1.165) is 12.1 Å². The zero-order valence-corrected chi connectivity index (χ0v) is 13.0. The molecule has 1 rings (SSSR count). The van der Waals surface area contributed by atoms with Crippen LogP contribution in [0, 0.1) is 0 Å². The Balaban J connectivity index is 2.99. The highest BCUT2D eigenvalue weighted by Crippen LogP contribution is 2.32. The van der Waals surface area contributed by atoms with Crippen molar-refractivity contribution in [3.63, 3.8) is 0 Å². The molecule has 1 atom stereocenters. The van der Waals surface area contributed by atoms with Crippen LogP contribution in [0.2, 0.25) is 0 Å². The number of aliphatic hydroxyl groups excluding tert-OH is 1. The maximum absolute atomic E-state index is 13.2. The Morgan fingerprint density at radius 1 is 1.13 bits per heavy atom. The molecule has 128 valence electrons. The molecule has 0 aromatic heterocycles. The van der Waals surface area contributed by atoms with Crippen molar-refractivity contribution in [3.8, 4) is 0 Å². The molecule has 0 radical (unpaired) electrons. The maximum Gasteiger partial charge on any atom is 0.412 e. The van der Waals surface area contributed by atoms with Gasteiger partial charge in [-0.1, -0.05) is 24.3 Å². The molecule has 0 fully saturated rings. The maximum atomic E-state index is 13.2. The van der Waals surface area contributed by atoms with Gasteiger partial charge in [-0.25, -0.2) is 4.79 Å². The molecule has 0 saturated heterocycles. The Bertz CT molecular complexity index is 563. The first-order valence-corrected chi connectivity index (χ1v) is 6.83. The lowest BCUT2D eigenvalue weighted by molar-refractivity contribution is -0.155. The van der Waals surface area contributed by atoms with E-state index in [4.69, 9.17) is 5.11 Å². The van der Waals surface area contributed by atoms with E-state index in [-0.39, 0.29) is 11.1 Å². The fourth-order valence-corrected chi connectivity index (χ4v) is 1.81. The SMILES string of the molecule is CC(C)(C)NC(=O)N[C@H](c1ccc(C(=O)CO)cc1)C(F)(F)F. The van der Waals surface area contributed by atoms with Crippen molar-refractivity contribution in [3.05, 3.63) is 35.4 Å². The third kappa shape index (κ3) is 5.90. The quantitative estimate of drug-likeness (QED) is 0.742. The smallest absolute Gasteiger partial charge is 0.388 e. The van der Waals surface area contributed by atoms with Crippen LogP contribution in [-0.2, 0) is 0 Å². The first-order chi connectivity index (χ1) is 10.4. The standard InChI is InChI=1S/C15H19F3N2O3/c1-14(2,3)20-13(23)19-12(15(16,17)18)10-6-4-9(5-7-10)11(22)8-21/h4-7,12,21H,8H2,1-3H3,(H2,19,20,23)/t12-/m1/s1. The molecule has 0 aliphatic carbocycles. The van der Waals surface area contributed by atoms with Crippen molar-refractivity contribution < 1.29 is 27.9 Å². The lowest BCUT2D eigenvalue weighted by Crippen LogP contribution is -2.49. The number of halogens is 3. The zero-order valence-electron chi connectivity index (χ0n) is 13.0. The van der Waals surface area contributed by atoms with Gasteiger partial charge < -0.3 is 15.7 Å². The molecule has 0 bridgehead atoms. The van der Waals surface area contributed by atoms with Crippen molar-refractivity contribution >= 4 is 11.8 Å². The number of alkyl halides is 3. The highest BCUT2D eigenvalue weighted by molar-refractivity contribution is 5.96. The van der Waals surface area contributed by atoms with Crippen molar-refractivity contribution in [1.82, 2.24) is 10.6 Å². The van der Waals surface area contributed by atoms with Gasteiger partial charge in [-0.05, 0) is 26.3 Å². The summed E-state index contributed by atoms with van der Waals surface area (Å²) in [6.45, 7) is 4.20. The molecule has 1 aromatic rings. The number of aliphatic hydroxyl groups is 1. The Morgan fingerprint density at radius 3 is 2.04 bits per heavy atom. The number of Topliss-reactive ketones (excluding diaryl/α,β-unsaturated/α-hetero) is 1. The number of benzene rings is 1. The molecule has 0 aliphatic rings. The summed E-state index contributed by atoms with van der Waals surface area (Å²) in [5.74, 6) is -0.599. The van der Waals surface area contributed by atoms with Crippen LogP contribution < -0.4 is 10.6 Å². The minimum absolute atomic E-state index is 0.0938. The summed E-state index contributed by atoms with van der Waals surface area (Å²) in [6.07, 6.45) is -4.70. The number of hydrogen-bond donors (Lipinski definition) is 3. The van der Waals surface area contributed by atoms with Crippen LogP contribution >= 0.6 is 0 Å². The Kier molecular flexibility index (Phi) is 5.76. The van der Waals surface area contributed by atoms with Gasteiger partial charge >= 0.3 is 12.2 Å². The van der Waals surface area contributed by atoms with Gasteiger partial charge in [0.15, 0.2) is 11.8 Å². The number of rotatable bonds is 4. The average Bonchev–Trinajstić information content (AvgIpc) is 2.41. The van der Waals surface area contributed by atoms with E-state index in [1.165, 1.54) is 12.1 Å². The monoisotopic (exact) mass is 332 g/mol. The Labute approximate surface area is 131 Å². The number of urea groups is 1. The van der Waals surface area contributed by atoms with E-state index >= 15 is 0 Å². The van der Waals surface area contributed by atoms with Gasteiger partial charge in [-0.2, -0.15) is 13.2 Å². The van der Waals surface area contributed by atoms with Crippen molar-refractivity contribution in [2.45, 2.75) is 38.5 Å². The van der Waals surface area contributed by atoms with Gasteiger partial charge in [0.05, 0.1) is 0 Å². The minimum Gasteiger partial charge on any atom is -0.388 e. The van der Waals surface area contributed by atoms with E-state index in [9.17, 15) is 22.8 Å². The topological polar surface area (TPSA) is 78.4 Å². The van der Waals surface area contributed by atoms with Gasteiger partial charge in [0, 0.05) is 11.1 Å². The number of carbonyl (C=O) groups is 2. The molecule has 2 amide bonds. The molecular formula is C15H19F3N2O3. The second kappa shape index (κ2) is 6.99. The van der Waals surface area contributed by atoms with Crippen LogP contribution in [0.25, 0.3) is 0 Å². The molecule has 0 aliphatic heterocycles. The molecule has 23 heavy (non-hydrogen) atoms. The van der Waals surface area contributed by atoms with Crippen LogP contribution in [-0.4, -0.2) is 35.2 Å². The van der Waals surface area contributed by atoms with E-state index in [0.29, 0.717) is 0 Å². The molecular weight excluding hydrogens is 313 g/mol. The van der Waals surface area contributed by atoms with Crippen LogP contribution in [0.3, 0.4) is 0 Å². The molecule has 5 nitrogen and oxygen atoms in total. The number of nitrogens with one attached hydrogen (secondary N) is 2. The first-order valence-electron chi connectivity index (χ1n) is 6.83. The Hall–Kier alpha value is -2.09. The second-order valence-electron chi connectivity index (χ2n) is 6.03. The van der Waals surface area contributed by atoms with Crippen LogP contribution in [0.1, 0.15) is 42.7 Å². The first kappa shape index (κ1) is 19.0. The summed E-state index contributed by atoms with van der Waals surface area (Å²) in [4.78, 5) is 23.0. The van der Waals surface area contributed by atoms with Crippen molar-refractivity contribution in [1.29, 1.82) is 0 Å². The molecule has 0 saturated carbocycles. The van der Waals surface area contributed by atoms with Crippen LogP contribution in [0.5, 0.6) is 0 Å². The highest BCUT2D eigenvalue weighted by atomic mass is 19.4. The van der Waals surface area contributed by atoms with Gasteiger partial charge in [-0.3, -0.25) is 4.79 Å². The molecule has 0 unspecified atom stereocenters. The molecule has 1 aromatic carbocycles. The molecule has 0 spiro atoms. The van der Waals surface area contributed by atoms with Gasteiger partial charge in [-0.15, -0.1) is 0 Å². The van der Waals surface area contributed by atoms with Gasteiger partial charge in [0.1, 0.15) is 6.61 Å². The predicted molar refractivity (Wildman–Crippen MR) is 78.1 cm³/mol. The normalized spacial score (nSPS) is 13.3. The van der Waals surface area contributed by atoms with Crippen LogP contribution in [0.4, 0.5) is 18.0 Å². The summed E-state index contributed by atoms with van der Waals surface area (Å²) in [5, 5.41) is 13.0.